The van der Waals surface area contributed by atoms with Crippen LogP contribution < -0.4 is 29.6 Å². The summed E-state index contributed by atoms with van der Waals surface area (Å²) in [5.41, 5.74) is 4.38. The van der Waals surface area contributed by atoms with E-state index in [9.17, 15) is 0 Å². The van der Waals surface area contributed by atoms with Gasteiger partial charge in [-0.3, -0.25) is 0 Å². The number of hydrogen-bond donors (Lipinski definition) is 0. The SMILES string of the molecule is CC(C)(C)[Si](Oc1c2c(c(O[Si](c3ccccc3)(c3ccccc3)C(C)(C)C)c3c1C1C=CC3O1)C1C=CC2O1)(c1ccccc1)c1ccccc1. The fourth-order valence-corrected chi connectivity index (χ4v) is 18.2. The molecule has 6 heteroatoms. The van der Waals surface area contributed by atoms with Crippen LogP contribution in [0.1, 0.15) is 88.2 Å². The number of fused-ring (bicyclic) bond motifs is 10. The highest BCUT2D eigenvalue weighted by Crippen LogP contribution is 2.64. The predicted octanol–water partition coefficient (Wildman–Crippen LogP) is 8.93. The minimum atomic E-state index is -3.02. The highest BCUT2D eigenvalue weighted by Gasteiger charge is 2.58. The van der Waals surface area contributed by atoms with E-state index in [0.29, 0.717) is 0 Å². The largest absolute Gasteiger partial charge is 0.533 e. The Morgan fingerprint density at radius 1 is 0.385 bits per heavy atom. The molecule has 0 aliphatic carbocycles. The van der Waals surface area contributed by atoms with Gasteiger partial charge in [-0.15, -0.1) is 0 Å². The maximum absolute atomic E-state index is 8.02. The smallest absolute Gasteiger partial charge is 0.319 e. The second-order valence-electron chi connectivity index (χ2n) is 16.6. The molecule has 4 aliphatic heterocycles. The minimum Gasteiger partial charge on any atom is -0.533 e. The van der Waals surface area contributed by atoms with Crippen LogP contribution in [0, 0.1) is 0 Å². The van der Waals surface area contributed by atoms with Crippen LogP contribution in [0.15, 0.2) is 146 Å². The third-order valence-corrected chi connectivity index (χ3v) is 21.4. The summed E-state index contributed by atoms with van der Waals surface area (Å²) in [5, 5.41) is 4.52. The van der Waals surface area contributed by atoms with Crippen molar-refractivity contribution < 1.29 is 18.3 Å². The molecule has 0 spiro atoms. The Morgan fingerprint density at radius 3 is 0.827 bits per heavy atom. The molecule has 4 nitrogen and oxygen atoms in total. The van der Waals surface area contributed by atoms with Crippen LogP contribution in [-0.2, 0) is 9.47 Å². The average molecular weight is 719 g/mol. The first-order chi connectivity index (χ1) is 25.0. The van der Waals surface area contributed by atoms with Gasteiger partial charge < -0.3 is 18.3 Å². The van der Waals surface area contributed by atoms with Gasteiger partial charge in [0.1, 0.15) is 35.9 Å². The van der Waals surface area contributed by atoms with Gasteiger partial charge in [-0.25, -0.2) is 0 Å². The molecule has 0 aromatic heterocycles. The van der Waals surface area contributed by atoms with E-state index in [-0.39, 0.29) is 34.5 Å². The lowest BCUT2D eigenvalue weighted by Crippen LogP contribution is -2.69. The van der Waals surface area contributed by atoms with Crippen LogP contribution in [0.2, 0.25) is 10.1 Å². The molecule has 0 saturated heterocycles. The van der Waals surface area contributed by atoms with Gasteiger partial charge in [0.05, 0.1) is 0 Å². The third-order valence-electron chi connectivity index (χ3n) is 11.5. The van der Waals surface area contributed by atoms with Crippen LogP contribution in [0.5, 0.6) is 11.5 Å². The van der Waals surface area contributed by atoms with Crippen molar-refractivity contribution in [1.82, 2.24) is 0 Å². The van der Waals surface area contributed by atoms with Crippen molar-refractivity contribution in [3.63, 3.8) is 0 Å². The van der Waals surface area contributed by atoms with Gasteiger partial charge in [0.15, 0.2) is 0 Å². The molecule has 0 N–H and O–H groups in total. The van der Waals surface area contributed by atoms with Gasteiger partial charge in [0, 0.05) is 22.3 Å². The van der Waals surface area contributed by atoms with Gasteiger partial charge >= 0.3 is 16.6 Å². The second kappa shape index (κ2) is 12.0. The molecular weight excluding hydrogens is 673 g/mol. The van der Waals surface area contributed by atoms with Crippen molar-refractivity contribution in [1.29, 1.82) is 0 Å². The van der Waals surface area contributed by atoms with Gasteiger partial charge in [0.2, 0.25) is 0 Å². The Balaban J connectivity index is 1.34. The van der Waals surface area contributed by atoms with Gasteiger partial charge in [-0.05, 0) is 30.8 Å². The Bertz CT molecular complexity index is 1900. The summed E-state index contributed by atoms with van der Waals surface area (Å²) < 4.78 is 29.7. The number of hydrogen-bond acceptors (Lipinski definition) is 4. The summed E-state index contributed by atoms with van der Waals surface area (Å²) in [5.74, 6) is 1.84. The van der Waals surface area contributed by atoms with Gasteiger partial charge in [-0.1, -0.05) is 187 Å². The molecule has 4 heterocycles. The standard InChI is InChI=1S/C46H46O4Si2/c1-45(2,3)51(31-19-11-7-12-20-31,32-21-13-8-14-22-32)49-43-39-35-27-29-37(47-35)41(39)44(42-38-30-28-36(48-38)40(42)43)50-52(46(4,5)6,33-23-15-9-16-24-33)34-25-17-10-18-26-34/h7-30,35-38H,1-6H3. The van der Waals surface area contributed by atoms with Crippen molar-refractivity contribution >= 4 is 37.4 Å². The van der Waals surface area contributed by atoms with Crippen LogP contribution in [0.3, 0.4) is 0 Å². The molecule has 9 rings (SSSR count). The molecule has 4 unspecified atom stereocenters. The first kappa shape index (κ1) is 33.4. The van der Waals surface area contributed by atoms with Crippen molar-refractivity contribution in [2.45, 2.75) is 76.0 Å². The summed E-state index contributed by atoms with van der Waals surface area (Å²) in [6.45, 7) is 14.0. The highest BCUT2D eigenvalue weighted by molar-refractivity contribution is 7.00. The van der Waals surface area contributed by atoms with Crippen LogP contribution in [0.4, 0.5) is 0 Å². The molecular formula is C46H46O4Si2. The average Bonchev–Trinajstić information content (AvgIpc) is 3.97. The van der Waals surface area contributed by atoms with E-state index in [1.807, 2.05) is 0 Å². The first-order valence-corrected chi connectivity index (χ1v) is 22.4. The molecule has 4 aliphatic rings. The summed E-state index contributed by atoms with van der Waals surface area (Å²) >= 11 is 0. The van der Waals surface area contributed by atoms with E-state index < -0.39 is 16.6 Å². The van der Waals surface area contributed by atoms with E-state index in [0.717, 1.165) is 33.8 Å². The summed E-state index contributed by atoms with van der Waals surface area (Å²) in [4.78, 5) is 0. The number of benzene rings is 5. The topological polar surface area (TPSA) is 36.9 Å². The van der Waals surface area contributed by atoms with Crippen LogP contribution in [0.25, 0.3) is 0 Å². The van der Waals surface area contributed by atoms with E-state index in [4.69, 9.17) is 18.3 Å². The van der Waals surface area contributed by atoms with Gasteiger partial charge in [0.25, 0.3) is 0 Å². The van der Waals surface area contributed by atoms with E-state index in [1.54, 1.807) is 0 Å². The van der Waals surface area contributed by atoms with Crippen LogP contribution >= 0.6 is 0 Å². The molecule has 0 amide bonds. The first-order valence-electron chi connectivity index (χ1n) is 18.6. The molecule has 52 heavy (non-hydrogen) atoms. The molecule has 262 valence electrons. The van der Waals surface area contributed by atoms with E-state index in [2.05, 4.69) is 187 Å². The molecule has 4 bridgehead atoms. The molecule has 0 radical (unpaired) electrons. The summed E-state index contributed by atoms with van der Waals surface area (Å²) in [6, 6.07) is 43.6. The fraction of sp³-hybridized carbons (Fsp3) is 0.261. The Morgan fingerprint density at radius 2 is 0.615 bits per heavy atom. The molecule has 0 fully saturated rings. The quantitative estimate of drug-likeness (QED) is 0.119. The van der Waals surface area contributed by atoms with Crippen molar-refractivity contribution in [3.8, 4) is 11.5 Å². The molecule has 5 aromatic carbocycles. The zero-order valence-corrected chi connectivity index (χ0v) is 32.8. The molecule has 5 aromatic rings. The maximum Gasteiger partial charge on any atom is 0.319 e. The maximum atomic E-state index is 8.02. The van der Waals surface area contributed by atoms with Crippen molar-refractivity contribution in [3.05, 3.63) is 168 Å². The zero-order valence-electron chi connectivity index (χ0n) is 30.8. The lowest BCUT2D eigenvalue weighted by molar-refractivity contribution is 0.0818. The van der Waals surface area contributed by atoms with Crippen molar-refractivity contribution in [2.75, 3.05) is 0 Å². The van der Waals surface area contributed by atoms with Crippen LogP contribution in [-0.4, -0.2) is 16.6 Å². The fourth-order valence-electron chi connectivity index (χ4n) is 9.29. The second-order valence-corrected chi connectivity index (χ2v) is 25.0. The summed E-state index contributed by atoms with van der Waals surface area (Å²) in [6.07, 6.45) is 7.88. The Kier molecular flexibility index (Phi) is 7.72. The van der Waals surface area contributed by atoms with Crippen molar-refractivity contribution in [2.24, 2.45) is 0 Å². The predicted molar refractivity (Wildman–Crippen MR) is 214 cm³/mol. The zero-order chi connectivity index (χ0) is 35.9. The normalized spacial score (nSPS) is 21.3. The Hall–Kier alpha value is -4.47. The number of rotatable bonds is 8. The minimum absolute atomic E-state index is 0.220. The third kappa shape index (κ3) is 4.77. The highest BCUT2D eigenvalue weighted by atomic mass is 28.4. The lowest BCUT2D eigenvalue weighted by Gasteiger charge is -2.45. The van der Waals surface area contributed by atoms with E-state index >= 15 is 0 Å². The summed E-state index contributed by atoms with van der Waals surface area (Å²) in [7, 11) is -6.04. The molecule has 0 saturated carbocycles. The lowest BCUT2D eigenvalue weighted by atomic mass is 9.85. The molecule has 4 atom stereocenters. The number of ether oxygens (including phenoxy) is 2. The van der Waals surface area contributed by atoms with E-state index in [1.165, 1.54) is 20.7 Å². The Labute approximate surface area is 310 Å². The van der Waals surface area contributed by atoms with Gasteiger partial charge in [-0.2, -0.15) is 0 Å². The monoisotopic (exact) mass is 718 g/mol.